The summed E-state index contributed by atoms with van der Waals surface area (Å²) in [6.07, 6.45) is 1.84. The molecule has 1 aromatic carbocycles. The van der Waals surface area contributed by atoms with Crippen molar-refractivity contribution in [1.29, 1.82) is 0 Å². The molecule has 0 bridgehead atoms. The maximum Gasteiger partial charge on any atom is 0.319 e. The molecule has 2 aromatic rings. The van der Waals surface area contributed by atoms with Crippen LogP contribution in [0.3, 0.4) is 0 Å². The summed E-state index contributed by atoms with van der Waals surface area (Å²) < 4.78 is 0. The van der Waals surface area contributed by atoms with E-state index in [1.54, 1.807) is 0 Å². The van der Waals surface area contributed by atoms with Gasteiger partial charge in [-0.25, -0.2) is 9.78 Å². The molecule has 138 valence electrons. The van der Waals surface area contributed by atoms with E-state index < -0.39 is 0 Å². The van der Waals surface area contributed by atoms with Crippen LogP contribution < -0.4 is 15.5 Å². The molecule has 0 saturated carbocycles. The number of piperazine rings is 1. The normalized spacial score (nSPS) is 15.0. The summed E-state index contributed by atoms with van der Waals surface area (Å²) in [7, 11) is 2.14. The average Bonchev–Trinajstić information content (AvgIpc) is 2.60. The summed E-state index contributed by atoms with van der Waals surface area (Å²) in [6.45, 7) is 8.60. The van der Waals surface area contributed by atoms with Crippen molar-refractivity contribution in [1.82, 2.24) is 15.2 Å². The molecule has 1 fully saturated rings. The van der Waals surface area contributed by atoms with Gasteiger partial charge in [-0.2, -0.15) is 0 Å². The number of likely N-dealkylation sites (N-methyl/N-ethyl adjacent to an activating group) is 1. The van der Waals surface area contributed by atoms with Crippen LogP contribution in [0.25, 0.3) is 0 Å². The van der Waals surface area contributed by atoms with Crippen LogP contribution in [0.4, 0.5) is 16.3 Å². The number of carbonyl (C=O) groups excluding carboxylic acids is 1. The number of aromatic nitrogens is 1. The predicted molar refractivity (Wildman–Crippen MR) is 106 cm³/mol. The number of carbonyl (C=O) groups is 1. The van der Waals surface area contributed by atoms with Gasteiger partial charge in [-0.3, -0.25) is 0 Å². The SMILES string of the molecule is Cc1cc(C)cc(NC(=O)NCc2ccc(N3CCN(C)CC3)nc2)c1. The van der Waals surface area contributed by atoms with Crippen molar-refractivity contribution in [2.24, 2.45) is 0 Å². The Morgan fingerprint density at radius 3 is 2.38 bits per heavy atom. The average molecular weight is 353 g/mol. The van der Waals surface area contributed by atoms with Crippen LogP contribution in [0.5, 0.6) is 0 Å². The van der Waals surface area contributed by atoms with Crippen molar-refractivity contribution >= 4 is 17.5 Å². The highest BCUT2D eigenvalue weighted by atomic mass is 16.2. The number of nitrogens with one attached hydrogen (secondary N) is 2. The van der Waals surface area contributed by atoms with Crippen LogP contribution in [0.2, 0.25) is 0 Å². The van der Waals surface area contributed by atoms with E-state index in [4.69, 9.17) is 0 Å². The molecule has 1 aliphatic heterocycles. The summed E-state index contributed by atoms with van der Waals surface area (Å²) >= 11 is 0. The molecule has 0 aliphatic carbocycles. The standard InChI is InChI=1S/C20H27N5O/c1-15-10-16(2)12-18(11-15)23-20(26)22-14-17-4-5-19(21-13-17)25-8-6-24(3)7-9-25/h4-5,10-13H,6-9,14H2,1-3H3,(H2,22,23,26). The highest BCUT2D eigenvalue weighted by molar-refractivity contribution is 5.89. The van der Waals surface area contributed by atoms with E-state index in [0.29, 0.717) is 6.54 Å². The molecule has 6 nitrogen and oxygen atoms in total. The van der Waals surface area contributed by atoms with Gasteiger partial charge in [-0.05, 0) is 55.8 Å². The monoisotopic (exact) mass is 353 g/mol. The molecule has 0 radical (unpaired) electrons. The number of amides is 2. The first-order chi connectivity index (χ1) is 12.5. The van der Waals surface area contributed by atoms with Crippen LogP contribution in [-0.2, 0) is 6.54 Å². The van der Waals surface area contributed by atoms with Crippen LogP contribution in [0.15, 0.2) is 36.5 Å². The molecule has 1 aliphatic rings. The van der Waals surface area contributed by atoms with Gasteiger partial charge in [-0.1, -0.05) is 12.1 Å². The first-order valence-corrected chi connectivity index (χ1v) is 9.01. The van der Waals surface area contributed by atoms with Crippen molar-refractivity contribution in [2.45, 2.75) is 20.4 Å². The fraction of sp³-hybridized carbons (Fsp3) is 0.400. The van der Waals surface area contributed by atoms with Gasteiger partial charge >= 0.3 is 6.03 Å². The molecule has 0 spiro atoms. The van der Waals surface area contributed by atoms with Crippen molar-refractivity contribution in [2.75, 3.05) is 43.4 Å². The maximum atomic E-state index is 12.1. The van der Waals surface area contributed by atoms with Crippen LogP contribution >= 0.6 is 0 Å². The topological polar surface area (TPSA) is 60.5 Å². The molecule has 0 atom stereocenters. The van der Waals surface area contributed by atoms with E-state index in [2.05, 4.69) is 38.5 Å². The van der Waals surface area contributed by atoms with Crippen LogP contribution in [0.1, 0.15) is 16.7 Å². The summed E-state index contributed by atoms with van der Waals surface area (Å²) in [5.74, 6) is 1.00. The van der Waals surface area contributed by atoms with E-state index >= 15 is 0 Å². The largest absolute Gasteiger partial charge is 0.354 e. The number of benzene rings is 1. The molecule has 26 heavy (non-hydrogen) atoms. The van der Waals surface area contributed by atoms with E-state index in [1.807, 2.05) is 44.3 Å². The minimum atomic E-state index is -0.210. The molecule has 2 N–H and O–H groups in total. The molecular formula is C20H27N5O. The third-order valence-electron chi connectivity index (χ3n) is 4.57. The van der Waals surface area contributed by atoms with E-state index in [0.717, 1.165) is 54.4 Å². The molecule has 6 heteroatoms. The Hall–Kier alpha value is -2.60. The lowest BCUT2D eigenvalue weighted by Gasteiger charge is -2.33. The molecular weight excluding hydrogens is 326 g/mol. The lowest BCUT2D eigenvalue weighted by molar-refractivity contribution is 0.251. The Balaban J connectivity index is 1.50. The van der Waals surface area contributed by atoms with Crippen molar-refractivity contribution < 1.29 is 4.79 Å². The number of hydrogen-bond donors (Lipinski definition) is 2. The smallest absolute Gasteiger partial charge is 0.319 e. The summed E-state index contributed by atoms with van der Waals surface area (Å²) in [5.41, 5.74) is 4.05. The number of pyridine rings is 1. The highest BCUT2D eigenvalue weighted by Crippen LogP contribution is 2.15. The maximum absolute atomic E-state index is 12.1. The molecule has 1 saturated heterocycles. The number of urea groups is 1. The summed E-state index contributed by atoms with van der Waals surface area (Å²) in [6, 6.07) is 9.84. The number of hydrogen-bond acceptors (Lipinski definition) is 4. The predicted octanol–water partition coefficient (Wildman–Crippen LogP) is 2.77. The molecule has 2 heterocycles. The first kappa shape index (κ1) is 18.2. The second-order valence-electron chi connectivity index (χ2n) is 7.00. The fourth-order valence-electron chi connectivity index (χ4n) is 3.15. The van der Waals surface area contributed by atoms with Crippen molar-refractivity contribution in [3.63, 3.8) is 0 Å². The third-order valence-corrected chi connectivity index (χ3v) is 4.57. The lowest BCUT2D eigenvalue weighted by Crippen LogP contribution is -2.44. The van der Waals surface area contributed by atoms with Gasteiger partial charge in [0, 0.05) is 44.6 Å². The van der Waals surface area contributed by atoms with Gasteiger partial charge in [0.05, 0.1) is 0 Å². The summed E-state index contributed by atoms with van der Waals surface area (Å²) in [4.78, 5) is 21.3. The Morgan fingerprint density at radius 1 is 1.08 bits per heavy atom. The number of nitrogens with zero attached hydrogens (tertiary/aromatic N) is 3. The van der Waals surface area contributed by atoms with Crippen molar-refractivity contribution in [3.05, 3.63) is 53.2 Å². The van der Waals surface area contributed by atoms with Gasteiger partial charge in [0.25, 0.3) is 0 Å². The van der Waals surface area contributed by atoms with Gasteiger partial charge in [0.1, 0.15) is 5.82 Å². The van der Waals surface area contributed by atoms with E-state index in [1.165, 1.54) is 0 Å². The van der Waals surface area contributed by atoms with Gasteiger partial charge in [0.2, 0.25) is 0 Å². The second kappa shape index (κ2) is 8.19. The highest BCUT2D eigenvalue weighted by Gasteiger charge is 2.15. The zero-order valence-electron chi connectivity index (χ0n) is 15.7. The Kier molecular flexibility index (Phi) is 5.73. The summed E-state index contributed by atoms with van der Waals surface area (Å²) in [5, 5.41) is 5.76. The lowest BCUT2D eigenvalue weighted by atomic mass is 10.1. The van der Waals surface area contributed by atoms with Crippen molar-refractivity contribution in [3.8, 4) is 0 Å². The number of anilines is 2. The minimum absolute atomic E-state index is 0.210. The minimum Gasteiger partial charge on any atom is -0.354 e. The Labute approximate surface area is 155 Å². The van der Waals surface area contributed by atoms with E-state index in [-0.39, 0.29) is 6.03 Å². The van der Waals surface area contributed by atoms with Crippen LogP contribution in [-0.4, -0.2) is 49.1 Å². The third kappa shape index (κ3) is 4.95. The van der Waals surface area contributed by atoms with Crippen LogP contribution in [0, 0.1) is 13.8 Å². The quantitative estimate of drug-likeness (QED) is 0.887. The first-order valence-electron chi connectivity index (χ1n) is 9.01. The molecule has 1 aromatic heterocycles. The second-order valence-corrected chi connectivity index (χ2v) is 7.00. The molecule has 0 unspecified atom stereocenters. The number of rotatable bonds is 4. The Morgan fingerprint density at radius 2 is 1.77 bits per heavy atom. The number of aryl methyl sites for hydroxylation is 2. The fourth-order valence-corrected chi connectivity index (χ4v) is 3.15. The molecule has 2 amide bonds. The zero-order chi connectivity index (χ0) is 18.5. The molecule has 3 rings (SSSR count). The van der Waals surface area contributed by atoms with Gasteiger partial charge in [0.15, 0.2) is 0 Å². The van der Waals surface area contributed by atoms with Gasteiger partial charge in [-0.15, -0.1) is 0 Å². The van der Waals surface area contributed by atoms with E-state index in [9.17, 15) is 4.79 Å². The Bertz CT molecular complexity index is 731. The zero-order valence-corrected chi connectivity index (χ0v) is 15.7. The van der Waals surface area contributed by atoms with Gasteiger partial charge < -0.3 is 20.4 Å².